The van der Waals surface area contributed by atoms with Gasteiger partial charge in [0.1, 0.15) is 10.7 Å². The third-order valence-corrected chi connectivity index (χ3v) is 6.24. The predicted molar refractivity (Wildman–Crippen MR) is 81.1 cm³/mol. The van der Waals surface area contributed by atoms with Gasteiger partial charge in [0.15, 0.2) is 0 Å². The number of rotatable bonds is 4. The summed E-state index contributed by atoms with van der Waals surface area (Å²) in [5.74, 6) is 0.746. The summed E-state index contributed by atoms with van der Waals surface area (Å²) in [5.41, 5.74) is 5.48. The molecule has 2 aliphatic rings. The van der Waals surface area contributed by atoms with Crippen LogP contribution in [-0.4, -0.2) is 44.0 Å². The summed E-state index contributed by atoms with van der Waals surface area (Å²) < 4.78 is 27.2. The first kappa shape index (κ1) is 14.7. The van der Waals surface area contributed by atoms with E-state index in [1.165, 1.54) is 31.2 Å². The second-order valence-electron chi connectivity index (χ2n) is 6.16. The molecule has 0 aromatic carbocycles. The zero-order valence-electron chi connectivity index (χ0n) is 12.2. The molecule has 2 unspecified atom stereocenters. The van der Waals surface area contributed by atoms with Crippen LogP contribution in [0.2, 0.25) is 0 Å². The number of aromatic nitrogens is 1. The number of nitrogens with two attached hydrogens (primary N) is 1. The van der Waals surface area contributed by atoms with E-state index in [0.29, 0.717) is 30.4 Å². The molecule has 3 N–H and O–H groups in total. The summed E-state index contributed by atoms with van der Waals surface area (Å²) in [6, 6.07) is 4.24. The van der Waals surface area contributed by atoms with Gasteiger partial charge in [0.25, 0.3) is 0 Å². The van der Waals surface area contributed by atoms with E-state index in [-0.39, 0.29) is 4.90 Å². The lowest BCUT2D eigenvalue weighted by Gasteiger charge is -2.36. The minimum atomic E-state index is -3.49. The van der Waals surface area contributed by atoms with E-state index in [4.69, 9.17) is 5.73 Å². The molecule has 2 atom stereocenters. The molecular formula is C14H22N4O2S. The lowest BCUT2D eigenvalue weighted by atomic mass is 9.91. The fourth-order valence-corrected chi connectivity index (χ4v) is 4.61. The third-order valence-electron chi connectivity index (χ3n) is 4.83. The Hall–Kier alpha value is -1.18. The summed E-state index contributed by atoms with van der Waals surface area (Å²) in [4.78, 5) is 6.46. The highest BCUT2D eigenvalue weighted by Gasteiger charge is 2.38. The maximum atomic E-state index is 12.2. The van der Waals surface area contributed by atoms with Gasteiger partial charge in [0, 0.05) is 24.8 Å². The van der Waals surface area contributed by atoms with Crippen LogP contribution in [0.25, 0.3) is 0 Å². The molecular weight excluding hydrogens is 288 g/mol. The first-order chi connectivity index (χ1) is 9.95. The minimum absolute atomic E-state index is 0.174. The smallest absolute Gasteiger partial charge is 0.242 e. The molecule has 1 aromatic rings. The number of nitrogen functional groups attached to an aromatic ring is 1. The standard InChI is InChI=1S/C14H22N4O2S/c1-18-11-2-3-12(18)7-10(6-11)8-17-21(19,20)13-4-5-14(15)16-9-13/h4-5,9-12,17H,2-3,6-8H2,1H3,(H2,15,16). The number of fused-ring (bicyclic) bond motifs is 2. The van der Waals surface area contributed by atoms with E-state index in [2.05, 4.69) is 21.7 Å². The van der Waals surface area contributed by atoms with E-state index in [0.717, 1.165) is 12.8 Å². The molecule has 7 heteroatoms. The van der Waals surface area contributed by atoms with Crippen LogP contribution in [0.5, 0.6) is 0 Å². The zero-order chi connectivity index (χ0) is 15.0. The Bertz CT molecular complexity index is 588. The number of piperidine rings is 1. The lowest BCUT2D eigenvalue weighted by molar-refractivity contribution is 0.135. The van der Waals surface area contributed by atoms with Gasteiger partial charge in [-0.2, -0.15) is 0 Å². The van der Waals surface area contributed by atoms with E-state index >= 15 is 0 Å². The maximum Gasteiger partial charge on any atom is 0.242 e. The fourth-order valence-electron chi connectivity index (χ4n) is 3.55. The van der Waals surface area contributed by atoms with E-state index in [1.54, 1.807) is 0 Å². The van der Waals surface area contributed by atoms with Crippen molar-refractivity contribution in [2.75, 3.05) is 19.3 Å². The molecule has 3 rings (SSSR count). The number of hydrogen-bond acceptors (Lipinski definition) is 5. The average molecular weight is 310 g/mol. The van der Waals surface area contributed by atoms with Crippen LogP contribution < -0.4 is 10.5 Å². The van der Waals surface area contributed by atoms with Gasteiger partial charge in [-0.05, 0) is 50.8 Å². The maximum absolute atomic E-state index is 12.2. The predicted octanol–water partition coefficient (Wildman–Crippen LogP) is 0.815. The monoisotopic (exact) mass is 310 g/mol. The summed E-state index contributed by atoms with van der Waals surface area (Å²) in [6.07, 6.45) is 5.94. The van der Waals surface area contributed by atoms with Gasteiger partial charge >= 0.3 is 0 Å². The van der Waals surface area contributed by atoms with Crippen molar-refractivity contribution < 1.29 is 8.42 Å². The molecule has 6 nitrogen and oxygen atoms in total. The molecule has 1 aromatic heterocycles. The molecule has 0 saturated carbocycles. The summed E-state index contributed by atoms with van der Waals surface area (Å²) >= 11 is 0. The highest BCUT2D eigenvalue weighted by molar-refractivity contribution is 7.89. The fraction of sp³-hybridized carbons (Fsp3) is 0.643. The minimum Gasteiger partial charge on any atom is -0.384 e. The van der Waals surface area contributed by atoms with Crippen LogP contribution in [0.4, 0.5) is 5.82 Å². The van der Waals surface area contributed by atoms with Crippen molar-refractivity contribution in [2.45, 2.75) is 42.7 Å². The summed E-state index contributed by atoms with van der Waals surface area (Å²) in [7, 11) is -1.30. The van der Waals surface area contributed by atoms with Gasteiger partial charge in [-0.3, -0.25) is 0 Å². The van der Waals surface area contributed by atoms with Crippen LogP contribution in [0.1, 0.15) is 25.7 Å². The number of anilines is 1. The van der Waals surface area contributed by atoms with Crippen molar-refractivity contribution in [3.63, 3.8) is 0 Å². The number of nitrogens with one attached hydrogen (secondary N) is 1. The van der Waals surface area contributed by atoms with E-state index < -0.39 is 10.0 Å². The van der Waals surface area contributed by atoms with E-state index in [9.17, 15) is 8.42 Å². The highest BCUT2D eigenvalue weighted by atomic mass is 32.2. The van der Waals surface area contributed by atoms with Crippen molar-refractivity contribution in [1.82, 2.24) is 14.6 Å². The van der Waals surface area contributed by atoms with Crippen LogP contribution in [0.15, 0.2) is 23.2 Å². The molecule has 0 spiro atoms. The Balaban J connectivity index is 1.61. The van der Waals surface area contributed by atoms with Crippen molar-refractivity contribution in [1.29, 1.82) is 0 Å². The average Bonchev–Trinajstić information content (AvgIpc) is 2.68. The molecule has 0 aliphatic carbocycles. The van der Waals surface area contributed by atoms with Gasteiger partial charge in [0.2, 0.25) is 10.0 Å². The quantitative estimate of drug-likeness (QED) is 0.859. The van der Waals surface area contributed by atoms with Gasteiger partial charge in [-0.1, -0.05) is 0 Å². The molecule has 21 heavy (non-hydrogen) atoms. The number of nitrogens with zero attached hydrogens (tertiary/aromatic N) is 2. The number of hydrogen-bond donors (Lipinski definition) is 2. The summed E-state index contributed by atoms with van der Waals surface area (Å²) in [6.45, 7) is 0.507. The normalized spacial score (nSPS) is 29.7. The van der Waals surface area contributed by atoms with Crippen molar-refractivity contribution in [3.05, 3.63) is 18.3 Å². The van der Waals surface area contributed by atoms with Gasteiger partial charge in [-0.15, -0.1) is 0 Å². The molecule has 2 saturated heterocycles. The lowest BCUT2D eigenvalue weighted by Crippen LogP contribution is -2.43. The Morgan fingerprint density at radius 3 is 2.57 bits per heavy atom. The summed E-state index contributed by atoms with van der Waals surface area (Å²) in [5, 5.41) is 0. The van der Waals surface area contributed by atoms with Crippen molar-refractivity contribution in [3.8, 4) is 0 Å². The van der Waals surface area contributed by atoms with Crippen LogP contribution in [-0.2, 0) is 10.0 Å². The Morgan fingerprint density at radius 2 is 2.00 bits per heavy atom. The molecule has 116 valence electrons. The number of pyridine rings is 1. The van der Waals surface area contributed by atoms with Gasteiger partial charge in [0.05, 0.1) is 0 Å². The molecule has 2 fully saturated rings. The molecule has 3 heterocycles. The Labute approximate surface area is 125 Å². The topological polar surface area (TPSA) is 88.3 Å². The number of sulfonamides is 1. The Kier molecular flexibility index (Phi) is 3.90. The molecule has 0 radical (unpaired) electrons. The SMILES string of the molecule is CN1C2CCC1CC(CNS(=O)(=O)c1ccc(N)nc1)C2. The first-order valence-corrected chi connectivity index (χ1v) is 8.87. The highest BCUT2D eigenvalue weighted by Crippen LogP contribution is 2.37. The third kappa shape index (κ3) is 3.04. The van der Waals surface area contributed by atoms with E-state index in [1.807, 2.05) is 0 Å². The van der Waals surface area contributed by atoms with Crippen LogP contribution in [0.3, 0.4) is 0 Å². The zero-order valence-corrected chi connectivity index (χ0v) is 13.0. The van der Waals surface area contributed by atoms with Crippen LogP contribution >= 0.6 is 0 Å². The second-order valence-corrected chi connectivity index (χ2v) is 7.93. The molecule has 2 bridgehead atoms. The Morgan fingerprint density at radius 1 is 1.33 bits per heavy atom. The molecule has 0 amide bonds. The molecule has 2 aliphatic heterocycles. The first-order valence-electron chi connectivity index (χ1n) is 7.39. The van der Waals surface area contributed by atoms with Gasteiger partial charge in [-0.25, -0.2) is 18.1 Å². The van der Waals surface area contributed by atoms with Crippen molar-refractivity contribution in [2.24, 2.45) is 5.92 Å². The second kappa shape index (κ2) is 5.55. The van der Waals surface area contributed by atoms with Gasteiger partial charge < -0.3 is 10.6 Å². The van der Waals surface area contributed by atoms with Crippen molar-refractivity contribution >= 4 is 15.8 Å². The largest absolute Gasteiger partial charge is 0.384 e. The van der Waals surface area contributed by atoms with Crippen LogP contribution in [0, 0.1) is 5.92 Å².